The summed E-state index contributed by atoms with van der Waals surface area (Å²) in [7, 11) is 0. The van der Waals surface area contributed by atoms with Gasteiger partial charge in [0, 0.05) is 22.3 Å². The Balaban J connectivity index is 1.45. The van der Waals surface area contributed by atoms with Crippen molar-refractivity contribution in [2.24, 2.45) is 0 Å². The van der Waals surface area contributed by atoms with Gasteiger partial charge < -0.3 is 10.6 Å². The van der Waals surface area contributed by atoms with Crippen molar-refractivity contribution in [1.29, 1.82) is 0 Å². The van der Waals surface area contributed by atoms with Gasteiger partial charge >= 0.3 is 6.18 Å². The van der Waals surface area contributed by atoms with E-state index in [9.17, 15) is 17.6 Å². The van der Waals surface area contributed by atoms with Crippen LogP contribution in [0.2, 0.25) is 5.02 Å². The molecule has 0 fully saturated rings. The van der Waals surface area contributed by atoms with E-state index in [-0.39, 0.29) is 18.2 Å². The minimum Gasteiger partial charge on any atom is -0.329 e. The largest absolute Gasteiger partial charge is 0.416 e. The molecule has 0 amide bonds. The molecule has 37 heavy (non-hydrogen) atoms. The van der Waals surface area contributed by atoms with Crippen molar-refractivity contribution < 1.29 is 17.6 Å². The third-order valence-electron chi connectivity index (χ3n) is 5.80. The molecule has 12 heteroatoms. The molecule has 4 aromatic rings. The van der Waals surface area contributed by atoms with E-state index < -0.39 is 17.6 Å². The highest BCUT2D eigenvalue weighted by molar-refractivity contribution is 7.80. The first-order valence-corrected chi connectivity index (χ1v) is 12.0. The fourth-order valence-corrected chi connectivity index (χ4v) is 4.31. The zero-order valence-electron chi connectivity index (χ0n) is 20.1. The van der Waals surface area contributed by atoms with Crippen LogP contribution in [0.15, 0.2) is 48.5 Å². The Morgan fingerprint density at radius 1 is 0.973 bits per heavy atom. The number of nitrogens with zero attached hydrogens (tertiary/aromatic N) is 4. The third kappa shape index (κ3) is 6.11. The lowest BCUT2D eigenvalue weighted by Gasteiger charge is -2.11. The lowest BCUT2D eigenvalue weighted by Crippen LogP contribution is -2.20. The summed E-state index contributed by atoms with van der Waals surface area (Å²) in [6, 6.07) is 11.4. The predicted molar refractivity (Wildman–Crippen MR) is 140 cm³/mol. The average molecular weight is 551 g/mol. The number of benzene rings is 2. The Bertz CT molecular complexity index is 1440. The summed E-state index contributed by atoms with van der Waals surface area (Å²) < 4.78 is 56.6. The summed E-state index contributed by atoms with van der Waals surface area (Å²) in [6.45, 7) is 5.74. The van der Waals surface area contributed by atoms with Crippen LogP contribution in [-0.2, 0) is 19.3 Å². The van der Waals surface area contributed by atoms with Crippen LogP contribution in [0, 0.1) is 26.6 Å². The monoisotopic (exact) mass is 550 g/mol. The number of halogens is 5. The lowest BCUT2D eigenvalue weighted by atomic mass is 10.1. The quantitative estimate of drug-likeness (QED) is 0.206. The number of thiocarbonyl (C=S) groups is 1. The van der Waals surface area contributed by atoms with Crippen molar-refractivity contribution in [3.8, 4) is 0 Å². The minimum absolute atomic E-state index is 0.152. The third-order valence-corrected chi connectivity index (χ3v) is 6.36. The van der Waals surface area contributed by atoms with Crippen LogP contribution in [-0.4, -0.2) is 24.7 Å². The van der Waals surface area contributed by atoms with E-state index in [0.717, 1.165) is 23.5 Å². The summed E-state index contributed by atoms with van der Waals surface area (Å²) >= 11 is 11.6. The van der Waals surface area contributed by atoms with E-state index in [1.54, 1.807) is 47.5 Å². The number of aromatic nitrogens is 4. The Morgan fingerprint density at radius 3 is 2.41 bits per heavy atom. The molecule has 0 saturated heterocycles. The van der Waals surface area contributed by atoms with Crippen LogP contribution < -0.4 is 10.6 Å². The van der Waals surface area contributed by atoms with E-state index in [2.05, 4.69) is 20.8 Å². The molecule has 0 spiro atoms. The SMILES string of the molecule is Cc1nn(Cc2c(F)cccc2Cl)c(C)c1NC(=S)Nc1cc(C)n(Cc2cccc(C(F)(F)F)c2)n1. The second-order valence-electron chi connectivity index (χ2n) is 8.51. The summed E-state index contributed by atoms with van der Waals surface area (Å²) in [5, 5.41) is 15.6. The molecule has 2 heterocycles. The van der Waals surface area contributed by atoms with E-state index in [1.807, 2.05) is 6.92 Å². The molecule has 0 bridgehead atoms. The highest BCUT2D eigenvalue weighted by Gasteiger charge is 2.30. The molecule has 2 N–H and O–H groups in total. The molecule has 4 rings (SSSR count). The molecule has 0 unspecified atom stereocenters. The maximum Gasteiger partial charge on any atom is 0.416 e. The van der Waals surface area contributed by atoms with E-state index in [1.165, 1.54) is 12.1 Å². The number of alkyl halides is 3. The van der Waals surface area contributed by atoms with Crippen molar-refractivity contribution in [2.75, 3.05) is 10.6 Å². The molecule has 2 aromatic carbocycles. The first-order valence-electron chi connectivity index (χ1n) is 11.2. The number of hydrogen-bond donors (Lipinski definition) is 2. The average Bonchev–Trinajstić information content (AvgIpc) is 3.28. The summed E-state index contributed by atoms with van der Waals surface area (Å²) in [4.78, 5) is 0. The smallest absolute Gasteiger partial charge is 0.329 e. The minimum atomic E-state index is -4.41. The van der Waals surface area contributed by atoms with Gasteiger partial charge in [-0.2, -0.15) is 23.4 Å². The molecule has 0 radical (unpaired) electrons. The van der Waals surface area contributed by atoms with Crippen molar-refractivity contribution in [3.63, 3.8) is 0 Å². The summed E-state index contributed by atoms with van der Waals surface area (Å²) in [5.74, 6) is 0.0191. The number of aryl methyl sites for hydroxylation is 2. The second kappa shape index (κ2) is 10.5. The fraction of sp³-hybridized carbons (Fsp3) is 0.240. The van der Waals surface area contributed by atoms with Crippen molar-refractivity contribution in [3.05, 3.63) is 93.1 Å². The molecule has 0 saturated carbocycles. The maximum atomic E-state index is 14.2. The number of rotatable bonds is 6. The fourth-order valence-electron chi connectivity index (χ4n) is 3.88. The zero-order valence-corrected chi connectivity index (χ0v) is 21.7. The molecule has 194 valence electrons. The Kier molecular flexibility index (Phi) is 7.56. The van der Waals surface area contributed by atoms with Crippen LogP contribution >= 0.6 is 23.8 Å². The van der Waals surface area contributed by atoms with Crippen LogP contribution in [0.5, 0.6) is 0 Å². The molecular weight excluding hydrogens is 528 g/mol. The molecular formula is C25H23ClF4N6S. The van der Waals surface area contributed by atoms with Gasteiger partial charge in [0.2, 0.25) is 0 Å². The van der Waals surface area contributed by atoms with E-state index in [4.69, 9.17) is 23.8 Å². The maximum absolute atomic E-state index is 14.2. The van der Waals surface area contributed by atoms with Gasteiger partial charge in [-0.15, -0.1) is 0 Å². The molecule has 0 aliphatic heterocycles. The molecule has 2 aromatic heterocycles. The van der Waals surface area contributed by atoms with Crippen LogP contribution in [0.25, 0.3) is 0 Å². The zero-order chi connectivity index (χ0) is 26.9. The van der Waals surface area contributed by atoms with E-state index >= 15 is 0 Å². The normalized spacial score (nSPS) is 11.6. The highest BCUT2D eigenvalue weighted by atomic mass is 35.5. The van der Waals surface area contributed by atoms with Crippen LogP contribution in [0.3, 0.4) is 0 Å². The number of anilines is 2. The van der Waals surface area contributed by atoms with Crippen molar-refractivity contribution >= 4 is 40.4 Å². The first kappa shape index (κ1) is 26.6. The molecule has 0 atom stereocenters. The highest BCUT2D eigenvalue weighted by Crippen LogP contribution is 2.30. The number of hydrogen-bond acceptors (Lipinski definition) is 3. The molecule has 0 aliphatic carbocycles. The Morgan fingerprint density at radius 2 is 1.70 bits per heavy atom. The summed E-state index contributed by atoms with van der Waals surface area (Å²) in [5.41, 5.74) is 2.88. The lowest BCUT2D eigenvalue weighted by molar-refractivity contribution is -0.137. The van der Waals surface area contributed by atoms with Gasteiger partial charge in [0.1, 0.15) is 5.82 Å². The van der Waals surface area contributed by atoms with E-state index in [0.29, 0.717) is 33.3 Å². The molecule has 6 nitrogen and oxygen atoms in total. The van der Waals surface area contributed by atoms with Crippen molar-refractivity contribution in [2.45, 2.75) is 40.0 Å². The van der Waals surface area contributed by atoms with Crippen molar-refractivity contribution in [1.82, 2.24) is 19.6 Å². The van der Waals surface area contributed by atoms with Crippen LogP contribution in [0.4, 0.5) is 29.1 Å². The van der Waals surface area contributed by atoms with Gasteiger partial charge in [-0.3, -0.25) is 9.36 Å². The topological polar surface area (TPSA) is 59.7 Å². The standard InChI is InChI=1S/C25H23ClF4N6S/c1-14-10-22(34-35(14)12-17-6-4-7-18(11-17)25(28,29)30)31-24(37)32-23-15(2)33-36(16(23)3)13-19-20(26)8-5-9-21(19)27/h4-11H,12-13H2,1-3H3,(H2,31,32,34,37). The second-order valence-corrected chi connectivity index (χ2v) is 9.32. The summed E-state index contributed by atoms with van der Waals surface area (Å²) in [6.07, 6.45) is -4.41. The van der Waals surface area contributed by atoms with Gasteiger partial charge in [0.05, 0.1) is 35.7 Å². The Hall–Kier alpha value is -3.44. The van der Waals surface area contributed by atoms with Gasteiger partial charge in [0.25, 0.3) is 0 Å². The van der Waals surface area contributed by atoms with Gasteiger partial charge in [-0.25, -0.2) is 4.39 Å². The van der Waals surface area contributed by atoms with Crippen LogP contribution in [0.1, 0.15) is 33.8 Å². The van der Waals surface area contributed by atoms with Gasteiger partial charge in [0.15, 0.2) is 10.9 Å². The Labute approximate surface area is 221 Å². The predicted octanol–water partition coefficient (Wildman–Crippen LogP) is 6.72. The van der Waals surface area contributed by atoms with Gasteiger partial charge in [-0.1, -0.05) is 29.8 Å². The first-order chi connectivity index (χ1) is 17.4. The molecule has 0 aliphatic rings. The number of nitrogens with one attached hydrogen (secondary N) is 2. The van der Waals surface area contributed by atoms with Gasteiger partial charge in [-0.05, 0) is 62.8 Å².